The monoisotopic (exact) mass is 320 g/mol. The van der Waals surface area contributed by atoms with Crippen molar-refractivity contribution in [3.8, 4) is 0 Å². The zero-order valence-corrected chi connectivity index (χ0v) is 12.9. The summed E-state index contributed by atoms with van der Waals surface area (Å²) in [5.74, 6) is 0.329. The van der Waals surface area contributed by atoms with Crippen molar-refractivity contribution in [2.75, 3.05) is 6.61 Å². The van der Waals surface area contributed by atoms with E-state index in [0.29, 0.717) is 12.3 Å². The summed E-state index contributed by atoms with van der Waals surface area (Å²) in [6.07, 6.45) is 2.75. The molecule has 1 aromatic heterocycles. The maximum absolute atomic E-state index is 13.2. The van der Waals surface area contributed by atoms with Crippen LogP contribution in [0.25, 0.3) is 0 Å². The molecule has 0 unspecified atom stereocenters. The highest BCUT2D eigenvalue weighted by Gasteiger charge is 2.21. The summed E-state index contributed by atoms with van der Waals surface area (Å²) in [6.45, 7) is 0.229. The molecule has 0 atom stereocenters. The van der Waals surface area contributed by atoms with Gasteiger partial charge in [0.05, 0.1) is 13.2 Å². The van der Waals surface area contributed by atoms with E-state index >= 15 is 0 Å². The molecule has 2 aromatic rings. The standard InChI is InChI=1S/C16H17FN2O2S/c17-12-4-1-3-11(9-12)10-22-15-13-5-2-6-14(13)19(7-8-20)16(21)18-15/h1,3-4,9,20H,2,5-8,10H2. The number of hydrogen-bond acceptors (Lipinski definition) is 4. The molecule has 1 aromatic carbocycles. The molecule has 0 radical (unpaired) electrons. The lowest BCUT2D eigenvalue weighted by Crippen LogP contribution is -2.28. The van der Waals surface area contributed by atoms with Crippen molar-refractivity contribution in [1.82, 2.24) is 9.55 Å². The second-order valence-corrected chi connectivity index (χ2v) is 6.24. The van der Waals surface area contributed by atoms with Gasteiger partial charge in [0.15, 0.2) is 0 Å². The van der Waals surface area contributed by atoms with Gasteiger partial charge in [-0.25, -0.2) is 9.18 Å². The fourth-order valence-corrected chi connectivity index (χ4v) is 3.83. The van der Waals surface area contributed by atoms with Gasteiger partial charge in [0.1, 0.15) is 10.8 Å². The SMILES string of the molecule is O=c1nc(SCc2cccc(F)c2)c2c(n1CCO)CCC2. The lowest BCUT2D eigenvalue weighted by atomic mass is 10.2. The Morgan fingerprint density at radius 1 is 1.36 bits per heavy atom. The van der Waals surface area contributed by atoms with Gasteiger partial charge in [-0.1, -0.05) is 12.1 Å². The Morgan fingerprint density at radius 2 is 2.23 bits per heavy atom. The molecule has 0 spiro atoms. The van der Waals surface area contributed by atoms with Gasteiger partial charge in [0, 0.05) is 17.0 Å². The molecule has 4 nitrogen and oxygen atoms in total. The average molecular weight is 320 g/mol. The Labute approximate surface area is 132 Å². The normalized spacial score (nSPS) is 13.4. The third-order valence-corrected chi connectivity index (χ3v) is 4.88. The maximum Gasteiger partial charge on any atom is 0.348 e. The van der Waals surface area contributed by atoms with Crippen molar-refractivity contribution in [3.63, 3.8) is 0 Å². The predicted molar refractivity (Wildman–Crippen MR) is 83.6 cm³/mol. The molecular formula is C16H17FN2O2S. The molecular weight excluding hydrogens is 303 g/mol. The number of nitrogens with zero attached hydrogens (tertiary/aromatic N) is 2. The molecule has 0 aliphatic heterocycles. The van der Waals surface area contributed by atoms with Crippen molar-refractivity contribution in [1.29, 1.82) is 0 Å². The summed E-state index contributed by atoms with van der Waals surface area (Å²) >= 11 is 1.47. The molecule has 0 fully saturated rings. The van der Waals surface area contributed by atoms with Crippen molar-refractivity contribution < 1.29 is 9.50 Å². The first-order valence-corrected chi connectivity index (χ1v) is 8.28. The Hall–Kier alpha value is -1.66. The van der Waals surface area contributed by atoms with E-state index in [0.717, 1.165) is 41.1 Å². The average Bonchev–Trinajstić information content (AvgIpc) is 2.98. The van der Waals surface area contributed by atoms with Gasteiger partial charge in [-0.05, 0) is 37.0 Å². The van der Waals surface area contributed by atoms with Crippen LogP contribution < -0.4 is 5.69 Å². The van der Waals surface area contributed by atoms with Gasteiger partial charge in [0.25, 0.3) is 0 Å². The number of aliphatic hydroxyl groups is 1. The molecule has 22 heavy (non-hydrogen) atoms. The van der Waals surface area contributed by atoms with Crippen molar-refractivity contribution in [2.24, 2.45) is 0 Å². The maximum atomic E-state index is 13.2. The van der Waals surface area contributed by atoms with Gasteiger partial charge >= 0.3 is 5.69 Å². The van der Waals surface area contributed by atoms with Crippen molar-refractivity contribution in [3.05, 3.63) is 57.4 Å². The van der Waals surface area contributed by atoms with E-state index < -0.39 is 0 Å². The topological polar surface area (TPSA) is 55.1 Å². The van der Waals surface area contributed by atoms with Gasteiger partial charge < -0.3 is 5.11 Å². The van der Waals surface area contributed by atoms with Crippen LogP contribution in [0.15, 0.2) is 34.1 Å². The Bertz CT molecular complexity index is 745. The highest BCUT2D eigenvalue weighted by Crippen LogP contribution is 2.31. The number of thioether (sulfide) groups is 1. The zero-order chi connectivity index (χ0) is 15.5. The zero-order valence-electron chi connectivity index (χ0n) is 12.1. The Balaban J connectivity index is 1.87. The number of aromatic nitrogens is 2. The van der Waals surface area contributed by atoms with E-state index in [4.69, 9.17) is 5.11 Å². The van der Waals surface area contributed by atoms with Crippen LogP contribution in [-0.4, -0.2) is 21.3 Å². The van der Waals surface area contributed by atoms with E-state index in [1.807, 2.05) is 6.07 Å². The van der Waals surface area contributed by atoms with Gasteiger partial charge in [-0.2, -0.15) is 4.98 Å². The number of fused-ring (bicyclic) bond motifs is 1. The quantitative estimate of drug-likeness (QED) is 0.677. The van der Waals surface area contributed by atoms with Crippen molar-refractivity contribution in [2.45, 2.75) is 36.6 Å². The van der Waals surface area contributed by atoms with Crippen LogP contribution in [0.1, 0.15) is 23.2 Å². The summed E-state index contributed by atoms with van der Waals surface area (Å²) in [6, 6.07) is 6.46. The summed E-state index contributed by atoms with van der Waals surface area (Å²) in [4.78, 5) is 16.3. The molecule has 0 saturated heterocycles. The summed E-state index contributed by atoms with van der Waals surface area (Å²) in [5.41, 5.74) is 2.67. The number of rotatable bonds is 5. The van der Waals surface area contributed by atoms with Crippen LogP contribution in [0, 0.1) is 5.82 Å². The van der Waals surface area contributed by atoms with Crippen LogP contribution in [0.4, 0.5) is 4.39 Å². The second-order valence-electron chi connectivity index (χ2n) is 5.27. The van der Waals surface area contributed by atoms with E-state index in [2.05, 4.69) is 4.98 Å². The molecule has 1 N–H and O–H groups in total. The first kappa shape index (κ1) is 15.2. The molecule has 3 rings (SSSR count). The highest BCUT2D eigenvalue weighted by atomic mass is 32.2. The third kappa shape index (κ3) is 3.08. The number of aliphatic hydroxyl groups excluding tert-OH is 1. The predicted octanol–water partition coefficient (Wildman–Crippen LogP) is 2.16. The molecule has 1 heterocycles. The minimum atomic E-state index is -0.309. The van der Waals surface area contributed by atoms with Crippen LogP contribution >= 0.6 is 11.8 Å². The van der Waals surface area contributed by atoms with Crippen LogP contribution in [-0.2, 0) is 25.1 Å². The molecule has 0 saturated carbocycles. The van der Waals surface area contributed by atoms with E-state index in [1.165, 1.54) is 23.9 Å². The molecule has 6 heteroatoms. The third-order valence-electron chi connectivity index (χ3n) is 3.79. The Morgan fingerprint density at radius 3 is 3.00 bits per heavy atom. The number of halogens is 1. The number of hydrogen-bond donors (Lipinski definition) is 1. The molecule has 1 aliphatic rings. The molecule has 116 valence electrons. The fourth-order valence-electron chi connectivity index (χ4n) is 2.81. The van der Waals surface area contributed by atoms with Crippen LogP contribution in [0.5, 0.6) is 0 Å². The highest BCUT2D eigenvalue weighted by molar-refractivity contribution is 7.98. The van der Waals surface area contributed by atoms with Crippen LogP contribution in [0.3, 0.4) is 0 Å². The van der Waals surface area contributed by atoms with E-state index in [-0.39, 0.29) is 18.1 Å². The minimum Gasteiger partial charge on any atom is -0.395 e. The lowest BCUT2D eigenvalue weighted by Gasteiger charge is -2.13. The minimum absolute atomic E-state index is 0.0657. The smallest absolute Gasteiger partial charge is 0.348 e. The second kappa shape index (κ2) is 6.62. The van der Waals surface area contributed by atoms with Gasteiger partial charge in [-0.3, -0.25) is 4.57 Å². The molecule has 1 aliphatic carbocycles. The summed E-state index contributed by atoms with van der Waals surface area (Å²) in [5, 5.41) is 9.84. The fraction of sp³-hybridized carbons (Fsp3) is 0.375. The lowest BCUT2D eigenvalue weighted by molar-refractivity contribution is 0.271. The van der Waals surface area contributed by atoms with Crippen LogP contribution in [0.2, 0.25) is 0 Å². The van der Waals surface area contributed by atoms with E-state index in [9.17, 15) is 9.18 Å². The molecule has 0 bridgehead atoms. The van der Waals surface area contributed by atoms with E-state index in [1.54, 1.807) is 10.6 Å². The van der Waals surface area contributed by atoms with Crippen molar-refractivity contribution >= 4 is 11.8 Å². The van der Waals surface area contributed by atoms with Gasteiger partial charge in [0.2, 0.25) is 0 Å². The molecule has 0 amide bonds. The summed E-state index contributed by atoms with van der Waals surface area (Å²) in [7, 11) is 0. The first-order chi connectivity index (χ1) is 10.7. The largest absolute Gasteiger partial charge is 0.395 e. The Kier molecular flexibility index (Phi) is 4.59. The van der Waals surface area contributed by atoms with Gasteiger partial charge in [-0.15, -0.1) is 11.8 Å². The number of benzene rings is 1. The first-order valence-electron chi connectivity index (χ1n) is 7.29. The summed E-state index contributed by atoms with van der Waals surface area (Å²) < 4.78 is 14.8.